The molecule has 1 aliphatic rings. The predicted octanol–water partition coefficient (Wildman–Crippen LogP) is 3.07. The Balaban J connectivity index is 1.86. The Hall–Kier alpha value is -1.92. The largest absolute Gasteiger partial charge is 0.338 e. The molecule has 0 aliphatic carbocycles. The number of hydrogen-bond donors (Lipinski definition) is 2. The first kappa shape index (κ1) is 16.9. The molecule has 2 atom stereocenters. The molecular formula is C17H20ClFN4O. The Morgan fingerprint density at radius 2 is 2.33 bits per heavy atom. The number of nitrogens with one attached hydrogen (secondary N) is 1. The lowest BCUT2D eigenvalue weighted by Gasteiger charge is -2.34. The zero-order chi connectivity index (χ0) is 17.3. The van der Waals surface area contributed by atoms with E-state index in [0.29, 0.717) is 35.8 Å². The van der Waals surface area contributed by atoms with Crippen molar-refractivity contribution in [2.24, 2.45) is 11.7 Å². The highest BCUT2D eigenvalue weighted by molar-refractivity contribution is 6.31. The molecule has 0 bridgehead atoms. The van der Waals surface area contributed by atoms with Crippen molar-refractivity contribution in [3.05, 3.63) is 40.8 Å². The maximum absolute atomic E-state index is 13.4. The van der Waals surface area contributed by atoms with Gasteiger partial charge in [0.25, 0.3) is 5.91 Å². The lowest BCUT2D eigenvalue weighted by atomic mass is 9.91. The van der Waals surface area contributed by atoms with Gasteiger partial charge >= 0.3 is 0 Å². The summed E-state index contributed by atoms with van der Waals surface area (Å²) in [6, 6.07) is 4.40. The van der Waals surface area contributed by atoms with Gasteiger partial charge in [-0.15, -0.1) is 0 Å². The van der Waals surface area contributed by atoms with Crippen molar-refractivity contribution < 1.29 is 9.18 Å². The van der Waals surface area contributed by atoms with Crippen LogP contribution in [0.25, 0.3) is 11.3 Å². The van der Waals surface area contributed by atoms with Crippen molar-refractivity contribution in [2.45, 2.75) is 25.8 Å². The Morgan fingerprint density at radius 3 is 3.04 bits per heavy atom. The fraction of sp³-hybridized carbons (Fsp3) is 0.412. The van der Waals surface area contributed by atoms with E-state index in [9.17, 15) is 9.18 Å². The lowest BCUT2D eigenvalue weighted by molar-refractivity contribution is 0.0662. The number of H-pyrrole nitrogens is 1. The van der Waals surface area contributed by atoms with E-state index < -0.39 is 5.82 Å². The van der Waals surface area contributed by atoms with Gasteiger partial charge in [0.15, 0.2) is 0 Å². The van der Waals surface area contributed by atoms with Crippen molar-refractivity contribution in [2.75, 3.05) is 13.1 Å². The van der Waals surface area contributed by atoms with Crippen molar-refractivity contribution in [1.29, 1.82) is 0 Å². The average molecular weight is 351 g/mol. The maximum atomic E-state index is 13.4. The van der Waals surface area contributed by atoms with Gasteiger partial charge in [0.1, 0.15) is 5.82 Å². The molecule has 2 heterocycles. The monoisotopic (exact) mass is 350 g/mol. The summed E-state index contributed by atoms with van der Waals surface area (Å²) in [4.78, 5) is 14.7. The third kappa shape index (κ3) is 3.30. The van der Waals surface area contributed by atoms with Gasteiger partial charge in [-0.1, -0.05) is 11.6 Å². The van der Waals surface area contributed by atoms with E-state index in [1.807, 2.05) is 11.8 Å². The fourth-order valence-electron chi connectivity index (χ4n) is 3.11. The maximum Gasteiger partial charge on any atom is 0.257 e. The Morgan fingerprint density at radius 1 is 1.54 bits per heavy atom. The number of nitrogens with two attached hydrogens (primary N) is 1. The molecule has 0 radical (unpaired) electrons. The third-order valence-electron chi connectivity index (χ3n) is 4.57. The number of nitrogens with zero attached hydrogens (tertiary/aromatic N) is 2. The summed E-state index contributed by atoms with van der Waals surface area (Å²) in [6.07, 6.45) is 3.48. The molecule has 1 fully saturated rings. The molecule has 5 nitrogen and oxygen atoms in total. The minimum absolute atomic E-state index is 0.00971. The molecule has 24 heavy (non-hydrogen) atoms. The van der Waals surface area contributed by atoms with Gasteiger partial charge in [0.2, 0.25) is 0 Å². The molecule has 7 heteroatoms. The number of hydrogen-bond acceptors (Lipinski definition) is 3. The molecule has 128 valence electrons. The standard InChI is InChI=1S/C17H20ClFN4O/c1-10(20)12-3-2-6-23(9-12)17(24)13-8-21-22-16(13)11-4-5-15(19)14(18)7-11/h4-5,7-8,10,12H,2-3,6,9,20H2,1H3,(H,21,22). The van der Waals surface area contributed by atoms with E-state index >= 15 is 0 Å². The number of benzene rings is 1. The number of aromatic amines is 1. The van der Waals surface area contributed by atoms with Crippen LogP contribution in [0.1, 0.15) is 30.1 Å². The van der Waals surface area contributed by atoms with E-state index in [0.717, 1.165) is 12.8 Å². The number of carbonyl (C=O) groups excluding carboxylic acids is 1. The molecule has 2 unspecified atom stereocenters. The summed E-state index contributed by atoms with van der Waals surface area (Å²) >= 11 is 5.85. The van der Waals surface area contributed by atoms with Gasteiger partial charge in [-0.05, 0) is 43.9 Å². The van der Waals surface area contributed by atoms with Crippen LogP contribution in [0.3, 0.4) is 0 Å². The second-order valence-electron chi connectivity index (χ2n) is 6.30. The zero-order valence-corrected chi connectivity index (χ0v) is 14.2. The number of carbonyl (C=O) groups is 1. The highest BCUT2D eigenvalue weighted by Gasteiger charge is 2.28. The molecule has 1 aromatic carbocycles. The van der Waals surface area contributed by atoms with Crippen LogP contribution < -0.4 is 5.73 Å². The summed E-state index contributed by atoms with van der Waals surface area (Å²) in [5.41, 5.74) is 7.63. The number of likely N-dealkylation sites (tertiary alicyclic amines) is 1. The van der Waals surface area contributed by atoms with Crippen LogP contribution >= 0.6 is 11.6 Å². The second kappa shape index (κ2) is 6.91. The van der Waals surface area contributed by atoms with Gasteiger partial charge in [-0.3, -0.25) is 9.89 Å². The molecule has 1 amide bonds. The van der Waals surface area contributed by atoms with Crippen molar-refractivity contribution >= 4 is 17.5 Å². The first-order chi connectivity index (χ1) is 11.5. The first-order valence-corrected chi connectivity index (χ1v) is 8.39. The van der Waals surface area contributed by atoms with Crippen LogP contribution in [0.5, 0.6) is 0 Å². The highest BCUT2D eigenvalue weighted by Crippen LogP contribution is 2.28. The van der Waals surface area contributed by atoms with Gasteiger partial charge in [0, 0.05) is 24.7 Å². The minimum atomic E-state index is -0.497. The fourth-order valence-corrected chi connectivity index (χ4v) is 3.29. The van der Waals surface area contributed by atoms with Gasteiger partial charge < -0.3 is 10.6 Å². The quantitative estimate of drug-likeness (QED) is 0.893. The van der Waals surface area contributed by atoms with E-state index in [4.69, 9.17) is 17.3 Å². The number of rotatable bonds is 3. The van der Waals surface area contributed by atoms with Crippen LogP contribution in [0.15, 0.2) is 24.4 Å². The van der Waals surface area contributed by atoms with Crippen LogP contribution in [-0.4, -0.2) is 40.1 Å². The van der Waals surface area contributed by atoms with E-state index in [-0.39, 0.29) is 17.0 Å². The summed E-state index contributed by atoms with van der Waals surface area (Å²) < 4.78 is 13.4. The number of halogens is 2. The van der Waals surface area contributed by atoms with Crippen LogP contribution in [0, 0.1) is 11.7 Å². The number of aromatic nitrogens is 2. The average Bonchev–Trinajstić information content (AvgIpc) is 3.06. The van der Waals surface area contributed by atoms with Crippen molar-refractivity contribution in [1.82, 2.24) is 15.1 Å². The third-order valence-corrected chi connectivity index (χ3v) is 4.86. The summed E-state index contributed by atoms with van der Waals surface area (Å²) in [5, 5.41) is 6.82. The molecule has 3 rings (SSSR count). The van der Waals surface area contributed by atoms with E-state index in [1.165, 1.54) is 18.3 Å². The van der Waals surface area contributed by atoms with Gasteiger partial charge in [0.05, 0.1) is 22.5 Å². The number of amides is 1. The summed E-state index contributed by atoms with van der Waals surface area (Å²) in [5.74, 6) is -0.286. The Labute approximate surface area is 145 Å². The minimum Gasteiger partial charge on any atom is -0.338 e. The molecule has 2 aromatic rings. The van der Waals surface area contributed by atoms with Crippen LogP contribution in [0.2, 0.25) is 5.02 Å². The molecule has 3 N–H and O–H groups in total. The van der Waals surface area contributed by atoms with Gasteiger partial charge in [-0.25, -0.2) is 4.39 Å². The van der Waals surface area contributed by atoms with E-state index in [1.54, 1.807) is 6.07 Å². The summed E-state index contributed by atoms with van der Waals surface area (Å²) in [6.45, 7) is 3.32. The highest BCUT2D eigenvalue weighted by atomic mass is 35.5. The molecule has 1 aliphatic heterocycles. The molecule has 0 spiro atoms. The Kier molecular flexibility index (Phi) is 4.87. The van der Waals surface area contributed by atoms with Crippen LogP contribution in [0.4, 0.5) is 4.39 Å². The van der Waals surface area contributed by atoms with Crippen molar-refractivity contribution in [3.8, 4) is 11.3 Å². The lowest BCUT2D eigenvalue weighted by Crippen LogP contribution is -2.45. The second-order valence-corrected chi connectivity index (χ2v) is 6.71. The molecule has 1 saturated heterocycles. The SMILES string of the molecule is CC(N)C1CCCN(C(=O)c2cn[nH]c2-c2ccc(F)c(Cl)c2)C1. The smallest absolute Gasteiger partial charge is 0.257 e. The first-order valence-electron chi connectivity index (χ1n) is 8.01. The van der Waals surface area contributed by atoms with E-state index in [2.05, 4.69) is 10.2 Å². The number of piperidine rings is 1. The molecule has 0 saturated carbocycles. The zero-order valence-electron chi connectivity index (χ0n) is 13.4. The molecule has 1 aromatic heterocycles. The predicted molar refractivity (Wildman–Crippen MR) is 91.3 cm³/mol. The van der Waals surface area contributed by atoms with Crippen molar-refractivity contribution in [3.63, 3.8) is 0 Å². The van der Waals surface area contributed by atoms with Gasteiger partial charge in [-0.2, -0.15) is 5.10 Å². The normalized spacial score (nSPS) is 19.3. The summed E-state index contributed by atoms with van der Waals surface area (Å²) in [7, 11) is 0. The topological polar surface area (TPSA) is 75.0 Å². The Bertz CT molecular complexity index is 746. The van der Waals surface area contributed by atoms with Crippen LogP contribution in [-0.2, 0) is 0 Å². The molecular weight excluding hydrogens is 331 g/mol.